The molecule has 100 valence electrons. The van der Waals surface area contributed by atoms with E-state index in [1.165, 1.54) is 44.1 Å². The van der Waals surface area contributed by atoms with Gasteiger partial charge in [-0.2, -0.15) is 0 Å². The molecule has 0 aliphatic heterocycles. The Balaban J connectivity index is 1.79. The molecule has 1 unspecified atom stereocenters. The molecule has 2 heteroatoms. The van der Waals surface area contributed by atoms with Crippen molar-refractivity contribution >= 4 is 11.6 Å². The first-order chi connectivity index (χ1) is 8.78. The van der Waals surface area contributed by atoms with E-state index < -0.39 is 0 Å². The van der Waals surface area contributed by atoms with Gasteiger partial charge in [-0.1, -0.05) is 49.4 Å². The van der Waals surface area contributed by atoms with Gasteiger partial charge in [0.1, 0.15) is 0 Å². The van der Waals surface area contributed by atoms with E-state index in [4.69, 9.17) is 11.6 Å². The molecule has 0 radical (unpaired) electrons. The summed E-state index contributed by atoms with van der Waals surface area (Å²) < 4.78 is 0. The Bertz CT molecular complexity index is 341. The Kier molecular flexibility index (Phi) is 5.52. The summed E-state index contributed by atoms with van der Waals surface area (Å²) >= 11 is 5.91. The van der Waals surface area contributed by atoms with Crippen LogP contribution in [0.25, 0.3) is 0 Å². The smallest absolute Gasteiger partial charge is 0.0406 e. The normalized spacial score (nSPS) is 18.1. The molecule has 0 heterocycles. The highest BCUT2D eigenvalue weighted by Gasteiger charge is 2.16. The molecule has 2 rings (SSSR count). The summed E-state index contributed by atoms with van der Waals surface area (Å²) in [6.07, 6.45) is 9.61. The summed E-state index contributed by atoms with van der Waals surface area (Å²) in [6, 6.07) is 8.86. The van der Waals surface area contributed by atoms with Gasteiger partial charge in [0.25, 0.3) is 0 Å². The zero-order valence-electron chi connectivity index (χ0n) is 11.3. The lowest BCUT2D eigenvalue weighted by molar-refractivity contribution is 0.418. The van der Waals surface area contributed by atoms with Gasteiger partial charge in [-0.05, 0) is 49.9 Å². The van der Waals surface area contributed by atoms with Crippen LogP contribution in [-0.2, 0) is 6.42 Å². The van der Waals surface area contributed by atoms with E-state index in [0.717, 1.165) is 17.4 Å². The quantitative estimate of drug-likeness (QED) is 0.802. The summed E-state index contributed by atoms with van der Waals surface area (Å²) in [5, 5.41) is 4.28. The molecule has 1 saturated carbocycles. The van der Waals surface area contributed by atoms with Gasteiger partial charge in [0.15, 0.2) is 0 Å². The zero-order valence-corrected chi connectivity index (χ0v) is 12.0. The van der Waals surface area contributed by atoms with Crippen molar-refractivity contribution in [1.29, 1.82) is 0 Å². The second-order valence-electron chi connectivity index (χ2n) is 5.54. The van der Waals surface area contributed by atoms with Gasteiger partial charge < -0.3 is 5.32 Å². The highest BCUT2D eigenvalue weighted by Crippen LogP contribution is 2.29. The average Bonchev–Trinajstić information content (AvgIpc) is 2.90. The third-order valence-electron chi connectivity index (χ3n) is 4.20. The van der Waals surface area contributed by atoms with Crippen molar-refractivity contribution < 1.29 is 0 Å². The molecule has 0 spiro atoms. The van der Waals surface area contributed by atoms with E-state index in [1.54, 1.807) is 0 Å². The van der Waals surface area contributed by atoms with Crippen LogP contribution in [0, 0.1) is 5.92 Å². The molecule has 1 nitrogen and oxygen atoms in total. The lowest BCUT2D eigenvalue weighted by Gasteiger charge is -2.18. The summed E-state index contributed by atoms with van der Waals surface area (Å²) in [4.78, 5) is 0. The van der Waals surface area contributed by atoms with Crippen molar-refractivity contribution in [1.82, 2.24) is 5.32 Å². The lowest BCUT2D eigenvalue weighted by Crippen LogP contribution is -2.28. The highest BCUT2D eigenvalue weighted by atomic mass is 35.5. The van der Waals surface area contributed by atoms with Gasteiger partial charge in [0.05, 0.1) is 0 Å². The van der Waals surface area contributed by atoms with Crippen LogP contribution in [-0.4, -0.2) is 13.1 Å². The minimum absolute atomic E-state index is 0.603. The predicted octanol–water partition coefficient (Wildman–Crippen LogP) is 4.44. The maximum Gasteiger partial charge on any atom is 0.0406 e. The number of nitrogens with one attached hydrogen (secondary N) is 1. The number of halogens is 1. The molecule has 1 aliphatic carbocycles. The molecule has 1 aromatic carbocycles. The molecule has 1 atom stereocenters. The van der Waals surface area contributed by atoms with Gasteiger partial charge in [-0.3, -0.25) is 0 Å². The highest BCUT2D eigenvalue weighted by molar-refractivity contribution is 6.30. The van der Waals surface area contributed by atoms with E-state index in [-0.39, 0.29) is 0 Å². The van der Waals surface area contributed by atoms with Gasteiger partial charge in [0.2, 0.25) is 0 Å². The number of hydrogen-bond donors (Lipinski definition) is 1. The molecular weight excluding hydrogens is 242 g/mol. The molecule has 1 N–H and O–H groups in total. The molecule has 18 heavy (non-hydrogen) atoms. The Morgan fingerprint density at radius 1 is 1.22 bits per heavy atom. The van der Waals surface area contributed by atoms with Gasteiger partial charge in [-0.25, -0.2) is 0 Å². The Labute approximate surface area is 116 Å². The molecule has 1 aromatic rings. The van der Waals surface area contributed by atoms with Crippen LogP contribution in [0.5, 0.6) is 0 Å². The van der Waals surface area contributed by atoms with Crippen LogP contribution >= 0.6 is 11.6 Å². The second-order valence-corrected chi connectivity index (χ2v) is 5.98. The third kappa shape index (κ3) is 4.29. The molecule has 1 fully saturated rings. The molecule has 1 aliphatic rings. The fourth-order valence-electron chi connectivity index (χ4n) is 2.99. The molecule has 0 saturated heterocycles. The molecule has 0 bridgehead atoms. The fraction of sp³-hybridized carbons (Fsp3) is 0.625. The van der Waals surface area contributed by atoms with E-state index in [9.17, 15) is 0 Å². The van der Waals surface area contributed by atoms with Crippen molar-refractivity contribution in [3.8, 4) is 0 Å². The fourth-order valence-corrected chi connectivity index (χ4v) is 3.12. The first kappa shape index (κ1) is 13.9. The number of rotatable bonds is 6. The van der Waals surface area contributed by atoms with Crippen LogP contribution < -0.4 is 5.32 Å². The monoisotopic (exact) mass is 265 g/mol. The van der Waals surface area contributed by atoms with Crippen molar-refractivity contribution in [3.63, 3.8) is 0 Å². The number of hydrogen-bond acceptors (Lipinski definition) is 1. The predicted molar refractivity (Wildman–Crippen MR) is 79.2 cm³/mol. The van der Waals surface area contributed by atoms with Crippen molar-refractivity contribution in [2.24, 2.45) is 5.92 Å². The average molecular weight is 266 g/mol. The minimum Gasteiger partial charge on any atom is -0.317 e. The van der Waals surface area contributed by atoms with Crippen LogP contribution in [0.2, 0.25) is 5.02 Å². The van der Waals surface area contributed by atoms with Crippen LogP contribution in [0.15, 0.2) is 24.3 Å². The van der Waals surface area contributed by atoms with E-state index in [1.807, 2.05) is 12.1 Å². The number of benzene rings is 1. The number of likely N-dealkylation sites (N-methyl/N-ethyl adjacent to an activating group) is 1. The summed E-state index contributed by atoms with van der Waals surface area (Å²) in [5.41, 5.74) is 1.38. The first-order valence-electron chi connectivity index (χ1n) is 7.19. The van der Waals surface area contributed by atoms with Crippen LogP contribution in [0.1, 0.15) is 44.1 Å². The zero-order chi connectivity index (χ0) is 12.8. The van der Waals surface area contributed by atoms with Crippen molar-refractivity contribution in [3.05, 3.63) is 34.9 Å². The molecule has 0 amide bonds. The Morgan fingerprint density at radius 2 is 1.89 bits per heavy atom. The van der Waals surface area contributed by atoms with E-state index in [0.29, 0.717) is 6.04 Å². The lowest BCUT2D eigenvalue weighted by atomic mass is 9.95. The minimum atomic E-state index is 0.603. The van der Waals surface area contributed by atoms with Gasteiger partial charge >= 0.3 is 0 Å². The van der Waals surface area contributed by atoms with Crippen LogP contribution in [0.3, 0.4) is 0 Å². The van der Waals surface area contributed by atoms with Crippen LogP contribution in [0.4, 0.5) is 0 Å². The largest absolute Gasteiger partial charge is 0.317 e. The summed E-state index contributed by atoms with van der Waals surface area (Å²) in [6.45, 7) is 0. The van der Waals surface area contributed by atoms with Gasteiger partial charge in [0, 0.05) is 11.1 Å². The standard InChI is InChI=1S/C16H24ClN/c1-18-16(11-8-13-4-2-3-5-13)12-14-6-9-15(17)10-7-14/h6-7,9-10,13,16,18H,2-5,8,11-12H2,1H3. The maximum absolute atomic E-state index is 5.91. The SMILES string of the molecule is CNC(CCC1CCCC1)Cc1ccc(Cl)cc1. The molecular formula is C16H24ClN. The topological polar surface area (TPSA) is 12.0 Å². The van der Waals surface area contributed by atoms with Gasteiger partial charge in [-0.15, -0.1) is 0 Å². The Morgan fingerprint density at radius 3 is 2.50 bits per heavy atom. The van der Waals surface area contributed by atoms with Crippen molar-refractivity contribution in [2.45, 2.75) is 51.0 Å². The second kappa shape index (κ2) is 7.16. The first-order valence-corrected chi connectivity index (χ1v) is 7.57. The maximum atomic E-state index is 5.91. The third-order valence-corrected chi connectivity index (χ3v) is 4.45. The van der Waals surface area contributed by atoms with Crippen molar-refractivity contribution in [2.75, 3.05) is 7.05 Å². The molecule has 0 aromatic heterocycles. The Hall–Kier alpha value is -0.530. The summed E-state index contributed by atoms with van der Waals surface area (Å²) in [7, 11) is 2.08. The summed E-state index contributed by atoms with van der Waals surface area (Å²) in [5.74, 6) is 0.992. The van der Waals surface area contributed by atoms with E-state index >= 15 is 0 Å². The van der Waals surface area contributed by atoms with E-state index in [2.05, 4.69) is 24.5 Å².